The Morgan fingerprint density at radius 2 is 1.86 bits per heavy atom. The summed E-state index contributed by atoms with van der Waals surface area (Å²) in [5.41, 5.74) is 2.84. The molecule has 3 rings (SSSR count). The lowest BCUT2D eigenvalue weighted by atomic mass is 9.98. The Balaban J connectivity index is 1.66. The summed E-state index contributed by atoms with van der Waals surface area (Å²) in [6.07, 6.45) is 1.34. The molecule has 0 spiro atoms. The van der Waals surface area contributed by atoms with Crippen LogP contribution >= 0.6 is 0 Å². The molecule has 0 radical (unpaired) electrons. The molecule has 1 saturated heterocycles. The van der Waals surface area contributed by atoms with Crippen molar-refractivity contribution in [2.45, 2.75) is 52.0 Å². The number of nitrogens with zero attached hydrogens (tertiary/aromatic N) is 1. The Morgan fingerprint density at radius 1 is 1.23 bits per heavy atom. The van der Waals surface area contributed by atoms with Crippen molar-refractivity contribution in [3.05, 3.63) is 35.4 Å². The van der Waals surface area contributed by atoms with Crippen molar-refractivity contribution in [1.82, 2.24) is 4.90 Å². The van der Waals surface area contributed by atoms with Crippen molar-refractivity contribution < 1.29 is 14.4 Å². The van der Waals surface area contributed by atoms with Crippen LogP contribution < -0.4 is 4.90 Å². The van der Waals surface area contributed by atoms with Gasteiger partial charge in [0.2, 0.25) is 0 Å². The molecule has 120 valence electrons. The van der Waals surface area contributed by atoms with Gasteiger partial charge in [-0.1, -0.05) is 24.3 Å². The van der Waals surface area contributed by atoms with Crippen LogP contribution in [-0.4, -0.2) is 48.7 Å². The van der Waals surface area contributed by atoms with Gasteiger partial charge in [0.05, 0.1) is 18.8 Å². The SMILES string of the molecule is C[C@@H]1CN(C(=O)[C@H](C)[NH+]2CCc3ccccc3C2)C[C@@H](C)O1. The lowest BCUT2D eigenvalue weighted by Crippen LogP contribution is -3.16. The number of carbonyl (C=O) groups is 1. The van der Waals surface area contributed by atoms with Crippen LogP contribution in [0.5, 0.6) is 0 Å². The third kappa shape index (κ3) is 3.18. The molecular formula is C18H27N2O2+. The zero-order valence-corrected chi connectivity index (χ0v) is 13.8. The van der Waals surface area contributed by atoms with E-state index >= 15 is 0 Å². The van der Waals surface area contributed by atoms with Gasteiger partial charge in [-0.2, -0.15) is 0 Å². The summed E-state index contributed by atoms with van der Waals surface area (Å²) in [7, 11) is 0. The average Bonchev–Trinajstić information content (AvgIpc) is 2.52. The minimum Gasteiger partial charge on any atom is -0.372 e. The molecule has 4 nitrogen and oxygen atoms in total. The number of amides is 1. The van der Waals surface area contributed by atoms with E-state index in [-0.39, 0.29) is 24.2 Å². The van der Waals surface area contributed by atoms with Gasteiger partial charge in [-0.25, -0.2) is 0 Å². The molecule has 4 heteroatoms. The van der Waals surface area contributed by atoms with E-state index in [1.54, 1.807) is 0 Å². The van der Waals surface area contributed by atoms with Gasteiger partial charge in [-0.15, -0.1) is 0 Å². The van der Waals surface area contributed by atoms with Crippen LogP contribution in [0, 0.1) is 0 Å². The monoisotopic (exact) mass is 303 g/mol. The van der Waals surface area contributed by atoms with Gasteiger partial charge in [0.15, 0.2) is 6.04 Å². The number of fused-ring (bicyclic) bond motifs is 1. The van der Waals surface area contributed by atoms with Crippen LogP contribution in [0.3, 0.4) is 0 Å². The highest BCUT2D eigenvalue weighted by atomic mass is 16.5. The lowest BCUT2D eigenvalue weighted by Gasteiger charge is -2.38. The summed E-state index contributed by atoms with van der Waals surface area (Å²) in [5, 5.41) is 0. The number of nitrogens with one attached hydrogen (secondary N) is 1. The Hall–Kier alpha value is -1.39. The first-order valence-electron chi connectivity index (χ1n) is 8.40. The Kier molecular flexibility index (Phi) is 4.50. The maximum absolute atomic E-state index is 12.8. The van der Waals surface area contributed by atoms with Crippen molar-refractivity contribution in [1.29, 1.82) is 0 Å². The van der Waals surface area contributed by atoms with Crippen LogP contribution in [0.1, 0.15) is 31.9 Å². The van der Waals surface area contributed by atoms with E-state index < -0.39 is 0 Å². The molecule has 2 aliphatic rings. The number of hydrogen-bond acceptors (Lipinski definition) is 2. The molecule has 1 unspecified atom stereocenters. The van der Waals surface area contributed by atoms with E-state index in [0.717, 1.165) is 32.6 Å². The van der Waals surface area contributed by atoms with E-state index in [1.807, 2.05) is 18.7 Å². The number of rotatable bonds is 2. The number of ether oxygens (including phenoxy) is 1. The molecule has 4 atom stereocenters. The van der Waals surface area contributed by atoms with Crippen LogP contribution in [0.2, 0.25) is 0 Å². The van der Waals surface area contributed by atoms with E-state index in [1.165, 1.54) is 16.0 Å². The molecule has 0 saturated carbocycles. The van der Waals surface area contributed by atoms with Gasteiger partial charge in [0.25, 0.3) is 5.91 Å². The second-order valence-corrected chi connectivity index (χ2v) is 6.83. The predicted octanol–water partition coefficient (Wildman–Crippen LogP) is 0.652. The normalized spacial score (nSPS) is 29.8. The third-order valence-electron chi connectivity index (χ3n) is 4.97. The molecule has 1 aromatic carbocycles. The summed E-state index contributed by atoms with van der Waals surface area (Å²) < 4.78 is 5.74. The average molecular weight is 303 g/mol. The number of benzene rings is 1. The highest BCUT2D eigenvalue weighted by Crippen LogP contribution is 2.13. The Morgan fingerprint density at radius 3 is 2.55 bits per heavy atom. The largest absolute Gasteiger partial charge is 0.372 e. The molecule has 2 aliphatic heterocycles. The molecule has 0 bridgehead atoms. The zero-order valence-electron chi connectivity index (χ0n) is 13.8. The van der Waals surface area contributed by atoms with E-state index in [9.17, 15) is 4.79 Å². The van der Waals surface area contributed by atoms with Crippen molar-refractivity contribution in [2.24, 2.45) is 0 Å². The van der Waals surface area contributed by atoms with Gasteiger partial charge >= 0.3 is 0 Å². The fourth-order valence-corrected chi connectivity index (χ4v) is 3.78. The molecule has 0 aromatic heterocycles. The summed E-state index contributed by atoms with van der Waals surface area (Å²) in [6.45, 7) is 9.61. The topological polar surface area (TPSA) is 34.0 Å². The third-order valence-corrected chi connectivity index (χ3v) is 4.97. The first kappa shape index (κ1) is 15.5. The molecule has 0 aliphatic carbocycles. The van der Waals surface area contributed by atoms with Crippen LogP contribution in [-0.2, 0) is 22.5 Å². The molecule has 22 heavy (non-hydrogen) atoms. The van der Waals surface area contributed by atoms with E-state index in [2.05, 4.69) is 31.2 Å². The van der Waals surface area contributed by atoms with Gasteiger partial charge in [0.1, 0.15) is 6.54 Å². The number of hydrogen-bond donors (Lipinski definition) is 1. The summed E-state index contributed by atoms with van der Waals surface area (Å²) >= 11 is 0. The van der Waals surface area contributed by atoms with Crippen molar-refractivity contribution >= 4 is 5.91 Å². The second-order valence-electron chi connectivity index (χ2n) is 6.83. The predicted molar refractivity (Wildman–Crippen MR) is 85.7 cm³/mol. The van der Waals surface area contributed by atoms with E-state index in [4.69, 9.17) is 4.74 Å². The molecular weight excluding hydrogens is 276 g/mol. The Bertz CT molecular complexity index is 536. The van der Waals surface area contributed by atoms with Crippen molar-refractivity contribution in [3.8, 4) is 0 Å². The highest BCUT2D eigenvalue weighted by Gasteiger charge is 2.34. The summed E-state index contributed by atoms with van der Waals surface area (Å²) in [4.78, 5) is 16.2. The van der Waals surface area contributed by atoms with Crippen LogP contribution in [0.4, 0.5) is 0 Å². The molecule has 1 amide bonds. The van der Waals surface area contributed by atoms with Crippen molar-refractivity contribution in [2.75, 3.05) is 19.6 Å². The zero-order chi connectivity index (χ0) is 15.7. The number of carbonyl (C=O) groups excluding carboxylic acids is 1. The Labute approximate surface area is 133 Å². The smallest absolute Gasteiger partial charge is 0.280 e. The number of morpholine rings is 1. The van der Waals surface area contributed by atoms with Gasteiger partial charge in [0, 0.05) is 25.1 Å². The first-order valence-corrected chi connectivity index (χ1v) is 8.40. The van der Waals surface area contributed by atoms with Crippen molar-refractivity contribution in [3.63, 3.8) is 0 Å². The van der Waals surface area contributed by atoms with Gasteiger partial charge in [-0.05, 0) is 26.3 Å². The summed E-state index contributed by atoms with van der Waals surface area (Å²) in [6, 6.07) is 8.63. The van der Waals surface area contributed by atoms with Crippen LogP contribution in [0.25, 0.3) is 0 Å². The minimum absolute atomic E-state index is 0.0193. The van der Waals surface area contributed by atoms with Crippen LogP contribution in [0.15, 0.2) is 24.3 Å². The number of quaternary nitrogens is 1. The molecule has 2 heterocycles. The highest BCUT2D eigenvalue weighted by molar-refractivity contribution is 5.80. The fraction of sp³-hybridized carbons (Fsp3) is 0.611. The van der Waals surface area contributed by atoms with Gasteiger partial charge < -0.3 is 14.5 Å². The molecule has 1 fully saturated rings. The molecule has 1 aromatic rings. The fourth-order valence-electron chi connectivity index (χ4n) is 3.78. The quantitative estimate of drug-likeness (QED) is 0.870. The van der Waals surface area contributed by atoms with E-state index in [0.29, 0.717) is 0 Å². The first-order chi connectivity index (χ1) is 10.5. The van der Waals surface area contributed by atoms with Gasteiger partial charge in [-0.3, -0.25) is 4.79 Å². The second kappa shape index (κ2) is 6.39. The summed E-state index contributed by atoms with van der Waals surface area (Å²) in [5.74, 6) is 0.274. The maximum atomic E-state index is 12.8. The standard InChI is InChI=1S/C18H26N2O2/c1-13-10-20(11-14(2)22-13)18(21)15(3)19-9-8-16-6-4-5-7-17(16)12-19/h4-7,13-15H,8-12H2,1-3H3/p+1/t13-,14-,15+/m1/s1. The molecule has 1 N–H and O–H groups in total. The maximum Gasteiger partial charge on any atom is 0.280 e. The lowest BCUT2D eigenvalue weighted by molar-refractivity contribution is -0.930. The minimum atomic E-state index is 0.0193.